The van der Waals surface area contributed by atoms with Crippen molar-refractivity contribution in [3.63, 3.8) is 0 Å². The zero-order valence-electron chi connectivity index (χ0n) is 10.9. The van der Waals surface area contributed by atoms with Crippen LogP contribution in [0.1, 0.15) is 18.5 Å². The summed E-state index contributed by atoms with van der Waals surface area (Å²) in [5.74, 6) is 0.354. The van der Waals surface area contributed by atoms with Gasteiger partial charge in [0.05, 0.1) is 11.9 Å². The summed E-state index contributed by atoms with van der Waals surface area (Å²) < 4.78 is 1.78. The summed E-state index contributed by atoms with van der Waals surface area (Å²) in [6, 6.07) is 10.3. The van der Waals surface area contributed by atoms with Crippen LogP contribution in [0.5, 0.6) is 0 Å². The molecule has 0 aliphatic rings. The van der Waals surface area contributed by atoms with Crippen molar-refractivity contribution in [2.75, 3.05) is 11.9 Å². The van der Waals surface area contributed by atoms with Crippen molar-refractivity contribution in [1.82, 2.24) is 9.78 Å². The number of hydrogen-bond acceptors (Lipinski definition) is 3. The molecule has 0 amide bonds. The molecule has 1 heterocycles. The van der Waals surface area contributed by atoms with Gasteiger partial charge in [0, 0.05) is 25.8 Å². The monoisotopic (exact) mass is 244 g/mol. The van der Waals surface area contributed by atoms with Gasteiger partial charge >= 0.3 is 0 Å². The minimum atomic E-state index is 0.0513. The molecular weight excluding hydrogens is 224 g/mol. The van der Waals surface area contributed by atoms with Crippen molar-refractivity contribution in [3.8, 4) is 0 Å². The van der Waals surface area contributed by atoms with Gasteiger partial charge in [-0.15, -0.1) is 0 Å². The fourth-order valence-corrected chi connectivity index (χ4v) is 1.92. The van der Waals surface area contributed by atoms with Crippen molar-refractivity contribution >= 4 is 5.69 Å². The quantitative estimate of drug-likeness (QED) is 0.847. The molecule has 3 N–H and O–H groups in total. The van der Waals surface area contributed by atoms with E-state index in [9.17, 15) is 0 Å². The van der Waals surface area contributed by atoms with Gasteiger partial charge in [0.1, 0.15) is 0 Å². The molecule has 0 radical (unpaired) electrons. The molecule has 0 saturated carbocycles. The Morgan fingerprint density at radius 2 is 2.06 bits per heavy atom. The van der Waals surface area contributed by atoms with Crippen LogP contribution in [-0.2, 0) is 7.05 Å². The number of aromatic nitrogens is 2. The molecule has 0 fully saturated rings. The fraction of sp³-hybridized carbons (Fsp3) is 0.357. The number of hydrogen-bond donors (Lipinski definition) is 2. The molecule has 2 rings (SSSR count). The number of anilines is 1. The Bertz CT molecular complexity index is 478. The minimum absolute atomic E-state index is 0.0513. The van der Waals surface area contributed by atoms with Crippen LogP contribution in [0.25, 0.3) is 0 Å². The van der Waals surface area contributed by atoms with Gasteiger partial charge in [-0.3, -0.25) is 4.68 Å². The summed E-state index contributed by atoms with van der Waals surface area (Å²) in [6.45, 7) is 2.99. The second-order valence-electron chi connectivity index (χ2n) is 4.70. The van der Waals surface area contributed by atoms with E-state index in [1.54, 1.807) is 4.68 Å². The highest BCUT2D eigenvalue weighted by Crippen LogP contribution is 2.19. The standard InChI is InChI=1S/C14H20N4/c1-11(8-16-13-9-17-18(2)10-13)14(15)12-6-4-3-5-7-12/h3-7,9-11,14,16H,8,15H2,1-2H3. The predicted molar refractivity (Wildman–Crippen MR) is 74.2 cm³/mol. The summed E-state index contributed by atoms with van der Waals surface area (Å²) >= 11 is 0. The molecule has 96 valence electrons. The summed E-state index contributed by atoms with van der Waals surface area (Å²) in [5, 5.41) is 7.47. The fourth-order valence-electron chi connectivity index (χ4n) is 1.92. The Hall–Kier alpha value is -1.81. The Balaban J connectivity index is 1.90. The van der Waals surface area contributed by atoms with Crippen molar-refractivity contribution in [2.24, 2.45) is 18.7 Å². The maximum absolute atomic E-state index is 6.25. The number of nitrogens with one attached hydrogen (secondary N) is 1. The SMILES string of the molecule is CC(CNc1cnn(C)c1)C(N)c1ccccc1. The highest BCUT2D eigenvalue weighted by molar-refractivity contribution is 5.38. The van der Waals surface area contributed by atoms with E-state index in [1.165, 1.54) is 5.56 Å². The van der Waals surface area contributed by atoms with Crippen LogP contribution in [0.2, 0.25) is 0 Å². The van der Waals surface area contributed by atoms with E-state index in [4.69, 9.17) is 5.73 Å². The lowest BCUT2D eigenvalue weighted by atomic mass is 9.95. The van der Waals surface area contributed by atoms with Gasteiger partial charge in [0.25, 0.3) is 0 Å². The van der Waals surface area contributed by atoms with E-state index in [0.717, 1.165) is 12.2 Å². The number of benzene rings is 1. The van der Waals surface area contributed by atoms with Crippen LogP contribution < -0.4 is 11.1 Å². The summed E-state index contributed by atoms with van der Waals surface area (Å²) in [5.41, 5.74) is 8.46. The molecule has 0 aliphatic heterocycles. The number of aryl methyl sites for hydroxylation is 1. The van der Waals surface area contributed by atoms with Crippen LogP contribution in [0.3, 0.4) is 0 Å². The van der Waals surface area contributed by atoms with Crippen LogP contribution in [-0.4, -0.2) is 16.3 Å². The van der Waals surface area contributed by atoms with Crippen LogP contribution in [0.4, 0.5) is 5.69 Å². The first-order valence-electron chi connectivity index (χ1n) is 6.20. The lowest BCUT2D eigenvalue weighted by Crippen LogP contribution is -2.25. The molecule has 1 aromatic carbocycles. The second kappa shape index (κ2) is 5.69. The molecule has 0 aliphatic carbocycles. The third kappa shape index (κ3) is 3.11. The Kier molecular flexibility index (Phi) is 3.99. The van der Waals surface area contributed by atoms with E-state index in [-0.39, 0.29) is 6.04 Å². The maximum atomic E-state index is 6.25. The molecule has 2 aromatic rings. The maximum Gasteiger partial charge on any atom is 0.0726 e. The van der Waals surface area contributed by atoms with E-state index >= 15 is 0 Å². The first kappa shape index (κ1) is 12.6. The average molecular weight is 244 g/mol. The van der Waals surface area contributed by atoms with Gasteiger partial charge in [-0.2, -0.15) is 5.10 Å². The number of nitrogens with two attached hydrogens (primary N) is 1. The molecule has 4 heteroatoms. The molecule has 2 unspecified atom stereocenters. The normalized spacial score (nSPS) is 14.2. The lowest BCUT2D eigenvalue weighted by Gasteiger charge is -2.20. The zero-order chi connectivity index (χ0) is 13.0. The Morgan fingerprint density at radius 3 is 2.67 bits per heavy atom. The van der Waals surface area contributed by atoms with Gasteiger partial charge in [-0.25, -0.2) is 0 Å². The third-order valence-electron chi connectivity index (χ3n) is 3.13. The summed E-state index contributed by atoms with van der Waals surface area (Å²) in [6.07, 6.45) is 3.78. The third-order valence-corrected chi connectivity index (χ3v) is 3.13. The van der Waals surface area contributed by atoms with Crippen molar-refractivity contribution in [2.45, 2.75) is 13.0 Å². The van der Waals surface area contributed by atoms with E-state index in [0.29, 0.717) is 5.92 Å². The van der Waals surface area contributed by atoms with Crippen LogP contribution in [0.15, 0.2) is 42.7 Å². The van der Waals surface area contributed by atoms with E-state index in [1.807, 2.05) is 37.6 Å². The molecular formula is C14H20N4. The van der Waals surface area contributed by atoms with Gasteiger partial charge in [-0.1, -0.05) is 37.3 Å². The average Bonchev–Trinajstić information content (AvgIpc) is 2.82. The molecule has 0 spiro atoms. The van der Waals surface area contributed by atoms with E-state index in [2.05, 4.69) is 29.5 Å². The van der Waals surface area contributed by atoms with Crippen molar-refractivity contribution in [1.29, 1.82) is 0 Å². The molecule has 18 heavy (non-hydrogen) atoms. The molecule has 1 aromatic heterocycles. The predicted octanol–water partition coefficient (Wildman–Crippen LogP) is 2.17. The topological polar surface area (TPSA) is 55.9 Å². The second-order valence-corrected chi connectivity index (χ2v) is 4.70. The van der Waals surface area contributed by atoms with Gasteiger partial charge in [0.15, 0.2) is 0 Å². The van der Waals surface area contributed by atoms with Crippen molar-refractivity contribution in [3.05, 3.63) is 48.3 Å². The molecule has 4 nitrogen and oxygen atoms in total. The Morgan fingerprint density at radius 1 is 1.33 bits per heavy atom. The number of nitrogens with zero attached hydrogens (tertiary/aromatic N) is 2. The largest absolute Gasteiger partial charge is 0.382 e. The summed E-state index contributed by atoms with van der Waals surface area (Å²) in [7, 11) is 1.91. The first-order valence-corrected chi connectivity index (χ1v) is 6.20. The highest BCUT2D eigenvalue weighted by atomic mass is 15.3. The van der Waals surface area contributed by atoms with Crippen molar-refractivity contribution < 1.29 is 0 Å². The van der Waals surface area contributed by atoms with Gasteiger partial charge < -0.3 is 11.1 Å². The van der Waals surface area contributed by atoms with Gasteiger partial charge in [0.2, 0.25) is 0 Å². The number of rotatable bonds is 5. The summed E-state index contributed by atoms with van der Waals surface area (Å²) in [4.78, 5) is 0. The van der Waals surface area contributed by atoms with Crippen LogP contribution >= 0.6 is 0 Å². The molecule has 2 atom stereocenters. The highest BCUT2D eigenvalue weighted by Gasteiger charge is 2.14. The molecule has 0 bridgehead atoms. The zero-order valence-corrected chi connectivity index (χ0v) is 10.9. The molecule has 0 saturated heterocycles. The van der Waals surface area contributed by atoms with Crippen LogP contribution in [0, 0.1) is 5.92 Å². The minimum Gasteiger partial charge on any atom is -0.382 e. The lowest BCUT2D eigenvalue weighted by molar-refractivity contribution is 0.493. The van der Waals surface area contributed by atoms with E-state index < -0.39 is 0 Å². The first-order chi connectivity index (χ1) is 8.66. The smallest absolute Gasteiger partial charge is 0.0726 e. The van der Waals surface area contributed by atoms with Gasteiger partial charge in [-0.05, 0) is 11.5 Å². The Labute approximate surface area is 108 Å².